The van der Waals surface area contributed by atoms with Gasteiger partial charge in [-0.15, -0.1) is 0 Å². The highest BCUT2D eigenvalue weighted by atomic mass is 19.4. The molecule has 5 nitrogen and oxygen atoms in total. The Bertz CT molecular complexity index is 1200. The van der Waals surface area contributed by atoms with E-state index in [1.54, 1.807) is 12.1 Å². The van der Waals surface area contributed by atoms with E-state index >= 15 is 0 Å². The van der Waals surface area contributed by atoms with Crippen molar-refractivity contribution in [3.63, 3.8) is 0 Å². The number of pyridine rings is 1. The highest BCUT2D eigenvalue weighted by Gasteiger charge is 2.30. The summed E-state index contributed by atoms with van der Waals surface area (Å²) in [4.78, 5) is 6.71. The number of ether oxygens (including phenoxy) is 1. The summed E-state index contributed by atoms with van der Waals surface area (Å²) < 4.78 is 44.8. The van der Waals surface area contributed by atoms with E-state index in [-0.39, 0.29) is 6.10 Å². The molecule has 0 amide bonds. The Labute approximate surface area is 209 Å². The number of nitrogens with one attached hydrogen (secondary N) is 2. The zero-order valence-corrected chi connectivity index (χ0v) is 20.2. The van der Waals surface area contributed by atoms with E-state index in [1.165, 1.54) is 0 Å². The first-order valence-corrected chi connectivity index (χ1v) is 12.5. The van der Waals surface area contributed by atoms with Crippen LogP contribution in [0.15, 0.2) is 61.3 Å². The summed E-state index contributed by atoms with van der Waals surface area (Å²) in [6.45, 7) is 7.73. The van der Waals surface area contributed by atoms with Crippen LogP contribution in [0.4, 0.5) is 18.9 Å². The quantitative estimate of drug-likeness (QED) is 0.464. The van der Waals surface area contributed by atoms with E-state index in [4.69, 9.17) is 4.74 Å². The Morgan fingerprint density at radius 2 is 1.72 bits per heavy atom. The Balaban J connectivity index is 1.19. The number of rotatable bonds is 6. The molecule has 3 heterocycles. The first-order valence-electron chi connectivity index (χ1n) is 12.5. The molecule has 0 radical (unpaired) electrons. The van der Waals surface area contributed by atoms with Gasteiger partial charge < -0.3 is 20.3 Å². The van der Waals surface area contributed by atoms with Gasteiger partial charge in [0, 0.05) is 60.5 Å². The van der Waals surface area contributed by atoms with Gasteiger partial charge in [0.25, 0.3) is 0 Å². The molecule has 0 spiro atoms. The highest BCUT2D eigenvalue weighted by Crippen LogP contribution is 2.32. The molecule has 0 unspecified atom stereocenters. The van der Waals surface area contributed by atoms with Crippen LogP contribution in [0.3, 0.4) is 0 Å². The molecule has 3 aromatic rings. The van der Waals surface area contributed by atoms with E-state index in [0.717, 1.165) is 97.6 Å². The van der Waals surface area contributed by atoms with Crippen LogP contribution >= 0.6 is 0 Å². The van der Waals surface area contributed by atoms with Gasteiger partial charge in [-0.2, -0.15) is 13.2 Å². The fourth-order valence-electron chi connectivity index (χ4n) is 4.93. The lowest BCUT2D eigenvalue weighted by atomic mass is 10.0. The fraction of sp³-hybridized carbons (Fsp3) is 0.393. The number of hydrogen-bond donors (Lipinski definition) is 2. The molecule has 1 aromatic heterocycles. The van der Waals surface area contributed by atoms with Crippen LogP contribution in [0.1, 0.15) is 36.8 Å². The Morgan fingerprint density at radius 1 is 1.00 bits per heavy atom. The van der Waals surface area contributed by atoms with Crippen LogP contribution < -0.4 is 20.3 Å². The smallest absolute Gasteiger partial charge is 0.416 e. The van der Waals surface area contributed by atoms with Crippen molar-refractivity contribution in [1.82, 2.24) is 15.6 Å². The first kappa shape index (κ1) is 24.4. The molecule has 2 aromatic carbocycles. The number of nitrogens with zero attached hydrogens (tertiary/aromatic N) is 2. The standard InChI is InChI=1S/C28H31F3N4O/c1-19(34-23-8-12-32-13-9-23)21-16-20-17-26(6-7-27(20)33-18-21)36-25-10-14-35(15-11-25)24-4-2-22(3-5-24)28(29,30)31/h2-7,16-18,23,25,32,34H,1,8-15H2. The van der Waals surface area contributed by atoms with Crippen LogP contribution in [0, 0.1) is 0 Å². The normalized spacial score (nSPS) is 17.8. The number of aromatic nitrogens is 1. The lowest BCUT2D eigenvalue weighted by Gasteiger charge is -2.34. The lowest BCUT2D eigenvalue weighted by molar-refractivity contribution is -0.137. The highest BCUT2D eigenvalue weighted by molar-refractivity contribution is 5.83. The zero-order valence-electron chi connectivity index (χ0n) is 20.2. The third-order valence-corrected chi connectivity index (χ3v) is 7.02. The maximum Gasteiger partial charge on any atom is 0.416 e. The van der Waals surface area contributed by atoms with Gasteiger partial charge in [0.05, 0.1) is 11.1 Å². The van der Waals surface area contributed by atoms with Crippen molar-refractivity contribution in [2.45, 2.75) is 44.0 Å². The molecule has 190 valence electrons. The Hall–Kier alpha value is -3.26. The number of hydrogen-bond acceptors (Lipinski definition) is 5. The number of benzene rings is 2. The van der Waals surface area contributed by atoms with Gasteiger partial charge in [0.15, 0.2) is 0 Å². The van der Waals surface area contributed by atoms with Gasteiger partial charge in [-0.1, -0.05) is 6.58 Å². The molecular formula is C28H31F3N4O. The monoisotopic (exact) mass is 496 g/mol. The van der Waals surface area contributed by atoms with Gasteiger partial charge in [-0.05, 0) is 74.5 Å². The molecule has 2 aliphatic rings. The van der Waals surface area contributed by atoms with Crippen molar-refractivity contribution in [3.8, 4) is 5.75 Å². The molecule has 5 rings (SSSR count). The van der Waals surface area contributed by atoms with Crippen LogP contribution in [0.2, 0.25) is 0 Å². The minimum atomic E-state index is -4.31. The predicted molar refractivity (Wildman–Crippen MR) is 137 cm³/mol. The molecule has 0 saturated carbocycles. The summed E-state index contributed by atoms with van der Waals surface area (Å²) in [5.74, 6) is 0.798. The van der Waals surface area contributed by atoms with Crippen LogP contribution in [-0.2, 0) is 6.18 Å². The Morgan fingerprint density at radius 3 is 2.42 bits per heavy atom. The van der Waals surface area contributed by atoms with Gasteiger partial charge in [-0.25, -0.2) is 0 Å². The third kappa shape index (κ3) is 5.75. The molecule has 36 heavy (non-hydrogen) atoms. The number of halogens is 3. The average Bonchev–Trinajstić information content (AvgIpc) is 2.89. The van der Waals surface area contributed by atoms with Gasteiger partial charge in [-0.3, -0.25) is 4.98 Å². The topological polar surface area (TPSA) is 49.4 Å². The summed E-state index contributed by atoms with van der Waals surface area (Å²) >= 11 is 0. The zero-order chi connectivity index (χ0) is 25.1. The lowest BCUT2D eigenvalue weighted by Crippen LogP contribution is -2.38. The summed E-state index contributed by atoms with van der Waals surface area (Å²) in [7, 11) is 0. The molecule has 8 heteroatoms. The van der Waals surface area contributed by atoms with Crippen molar-refractivity contribution in [1.29, 1.82) is 0 Å². The maximum atomic E-state index is 12.8. The first-order chi connectivity index (χ1) is 17.3. The van der Waals surface area contributed by atoms with E-state index in [0.29, 0.717) is 6.04 Å². The second-order valence-electron chi connectivity index (χ2n) is 9.57. The van der Waals surface area contributed by atoms with Crippen molar-refractivity contribution in [3.05, 3.63) is 72.4 Å². The largest absolute Gasteiger partial charge is 0.490 e. The molecule has 2 aliphatic heterocycles. The third-order valence-electron chi connectivity index (χ3n) is 7.02. The van der Waals surface area contributed by atoms with Crippen LogP contribution in [-0.4, -0.2) is 43.3 Å². The van der Waals surface area contributed by atoms with Crippen LogP contribution in [0.5, 0.6) is 5.75 Å². The second kappa shape index (κ2) is 10.4. The predicted octanol–water partition coefficient (Wildman–Crippen LogP) is 5.61. The number of piperidine rings is 2. The van der Waals surface area contributed by atoms with Gasteiger partial charge in [0.2, 0.25) is 0 Å². The molecule has 2 fully saturated rings. The van der Waals surface area contributed by atoms with E-state index in [9.17, 15) is 13.2 Å². The van der Waals surface area contributed by atoms with E-state index in [1.807, 2.05) is 24.4 Å². The maximum absolute atomic E-state index is 12.8. The summed E-state index contributed by atoms with van der Waals surface area (Å²) in [6.07, 6.45) is 1.36. The van der Waals surface area contributed by atoms with Crippen molar-refractivity contribution >= 4 is 22.3 Å². The van der Waals surface area contributed by atoms with Crippen LogP contribution in [0.25, 0.3) is 16.6 Å². The minimum absolute atomic E-state index is 0.0563. The van der Waals surface area contributed by atoms with Crippen molar-refractivity contribution in [2.24, 2.45) is 0 Å². The Kier molecular flexibility index (Phi) is 7.05. The number of fused-ring (bicyclic) bond motifs is 1. The SMILES string of the molecule is C=C(NC1CCNCC1)c1cnc2ccc(OC3CCN(c4ccc(C(F)(F)F)cc4)CC3)cc2c1. The molecule has 0 atom stereocenters. The fourth-order valence-corrected chi connectivity index (χ4v) is 4.93. The van der Waals surface area contributed by atoms with E-state index < -0.39 is 11.7 Å². The molecule has 0 aliphatic carbocycles. The van der Waals surface area contributed by atoms with Crippen molar-refractivity contribution < 1.29 is 17.9 Å². The summed E-state index contributed by atoms with van der Waals surface area (Å²) in [6, 6.07) is 13.8. The number of anilines is 1. The molecule has 0 bridgehead atoms. The average molecular weight is 497 g/mol. The van der Waals surface area contributed by atoms with Crippen molar-refractivity contribution in [2.75, 3.05) is 31.1 Å². The molecule has 2 N–H and O–H groups in total. The van der Waals surface area contributed by atoms with E-state index in [2.05, 4.69) is 33.2 Å². The van der Waals surface area contributed by atoms with Gasteiger partial charge >= 0.3 is 6.18 Å². The second-order valence-corrected chi connectivity index (χ2v) is 9.57. The molecule has 2 saturated heterocycles. The summed E-state index contributed by atoms with van der Waals surface area (Å²) in [5.41, 5.74) is 2.95. The summed E-state index contributed by atoms with van der Waals surface area (Å²) in [5, 5.41) is 7.92. The number of alkyl halides is 3. The minimum Gasteiger partial charge on any atom is -0.490 e. The van der Waals surface area contributed by atoms with Gasteiger partial charge in [0.1, 0.15) is 11.9 Å². The molecular weight excluding hydrogens is 465 g/mol.